The van der Waals surface area contributed by atoms with Gasteiger partial charge in [-0.15, -0.1) is 0 Å². The van der Waals surface area contributed by atoms with Crippen molar-refractivity contribution in [3.8, 4) is 0 Å². The summed E-state index contributed by atoms with van der Waals surface area (Å²) in [6.07, 6.45) is 1.48. The van der Waals surface area contributed by atoms with Gasteiger partial charge in [-0.25, -0.2) is 0 Å². The molecule has 0 aliphatic heterocycles. The first-order valence-electron chi connectivity index (χ1n) is 8.41. The molecule has 3 rings (SSSR count). The van der Waals surface area contributed by atoms with Crippen LogP contribution in [-0.4, -0.2) is 24.0 Å². The predicted molar refractivity (Wildman–Crippen MR) is 88.0 cm³/mol. The molecule has 2 aliphatic rings. The number of carbonyl (C=O) groups is 2. The van der Waals surface area contributed by atoms with E-state index in [0.29, 0.717) is 17.8 Å². The number of fused-ring (bicyclic) bond motifs is 3. The Morgan fingerprint density at radius 2 is 1.96 bits per heavy atom. The van der Waals surface area contributed by atoms with E-state index in [4.69, 9.17) is 4.74 Å². The largest absolute Gasteiger partial charge is 0.460 e. The van der Waals surface area contributed by atoms with Crippen molar-refractivity contribution in [2.24, 2.45) is 11.8 Å². The number of esters is 1. The molecule has 2 aliphatic carbocycles. The summed E-state index contributed by atoms with van der Waals surface area (Å²) in [5.41, 5.74) is 2.44. The Kier molecular flexibility index (Phi) is 4.17. The van der Waals surface area contributed by atoms with Crippen molar-refractivity contribution in [2.45, 2.75) is 51.6 Å². The van der Waals surface area contributed by atoms with Crippen LogP contribution in [-0.2, 0) is 20.7 Å². The quantitative estimate of drug-likeness (QED) is 0.850. The summed E-state index contributed by atoms with van der Waals surface area (Å²) in [7, 11) is 0. The van der Waals surface area contributed by atoms with Gasteiger partial charge in [-0.1, -0.05) is 24.3 Å². The van der Waals surface area contributed by atoms with Crippen LogP contribution in [0.25, 0.3) is 0 Å². The maximum atomic E-state index is 11.9. The molecule has 1 aromatic carbocycles. The number of hydrogen-bond donors (Lipinski definition) is 1. The summed E-state index contributed by atoms with van der Waals surface area (Å²) in [4.78, 5) is 23.5. The molecule has 4 heteroatoms. The van der Waals surface area contributed by atoms with Crippen molar-refractivity contribution in [3.05, 3.63) is 35.4 Å². The van der Waals surface area contributed by atoms with Gasteiger partial charge in [0, 0.05) is 13.0 Å². The van der Waals surface area contributed by atoms with E-state index in [1.807, 2.05) is 20.8 Å². The lowest BCUT2D eigenvalue weighted by Gasteiger charge is -2.19. The first kappa shape index (κ1) is 16.0. The number of benzene rings is 1. The Hall–Kier alpha value is -1.84. The molecular formula is C19H25NO3. The molecule has 4 nitrogen and oxygen atoms in total. The minimum Gasteiger partial charge on any atom is -0.460 e. The van der Waals surface area contributed by atoms with Gasteiger partial charge >= 0.3 is 5.97 Å². The average molecular weight is 315 g/mol. The van der Waals surface area contributed by atoms with Crippen LogP contribution in [0.3, 0.4) is 0 Å². The highest BCUT2D eigenvalue weighted by molar-refractivity contribution is 5.81. The molecular weight excluding hydrogens is 290 g/mol. The Balaban J connectivity index is 1.38. The predicted octanol–water partition coefficient (Wildman–Crippen LogP) is 2.81. The summed E-state index contributed by atoms with van der Waals surface area (Å²) >= 11 is 0. The number of amides is 1. The molecule has 0 bridgehead atoms. The topological polar surface area (TPSA) is 55.4 Å². The highest BCUT2D eigenvalue weighted by Crippen LogP contribution is 2.60. The van der Waals surface area contributed by atoms with Crippen LogP contribution in [0.15, 0.2) is 24.3 Å². The van der Waals surface area contributed by atoms with E-state index in [1.165, 1.54) is 11.1 Å². The van der Waals surface area contributed by atoms with Crippen molar-refractivity contribution in [1.29, 1.82) is 0 Å². The van der Waals surface area contributed by atoms with Gasteiger partial charge in [-0.2, -0.15) is 0 Å². The van der Waals surface area contributed by atoms with Gasteiger partial charge in [0.25, 0.3) is 0 Å². The number of nitrogens with one attached hydrogen (secondary N) is 1. The van der Waals surface area contributed by atoms with E-state index in [0.717, 1.165) is 13.0 Å². The van der Waals surface area contributed by atoms with Crippen molar-refractivity contribution in [2.75, 3.05) is 6.54 Å². The smallest absolute Gasteiger partial charge is 0.306 e. The summed E-state index contributed by atoms with van der Waals surface area (Å²) in [6.45, 7) is 6.20. The van der Waals surface area contributed by atoms with Crippen LogP contribution in [0.1, 0.15) is 50.7 Å². The van der Waals surface area contributed by atoms with Crippen LogP contribution in [0.4, 0.5) is 0 Å². The lowest BCUT2D eigenvalue weighted by atomic mass is 10.0. The van der Waals surface area contributed by atoms with Crippen molar-refractivity contribution in [1.82, 2.24) is 5.32 Å². The lowest BCUT2D eigenvalue weighted by molar-refractivity contribution is -0.155. The minimum absolute atomic E-state index is 0.0610. The molecule has 0 spiro atoms. The standard InChI is InChI=1S/C19H25NO3/c1-19(2,3)23-17(22)9-8-16(21)20-11-15-14-10-12-6-4-5-7-13(12)18(14)15/h4-7,14-15,18H,8-11H2,1-3H3,(H,20,21)/t14-,15-,18-/m1/s1. The first-order valence-corrected chi connectivity index (χ1v) is 8.41. The number of rotatable bonds is 5. The Bertz CT molecular complexity index is 617. The molecule has 1 aromatic rings. The minimum atomic E-state index is -0.494. The maximum Gasteiger partial charge on any atom is 0.306 e. The van der Waals surface area contributed by atoms with E-state index in [1.54, 1.807) is 0 Å². The fourth-order valence-electron chi connectivity index (χ4n) is 3.69. The number of carbonyl (C=O) groups excluding carboxylic acids is 2. The molecule has 0 unspecified atom stereocenters. The molecule has 3 atom stereocenters. The average Bonchev–Trinajstić information content (AvgIpc) is 3.00. The van der Waals surface area contributed by atoms with Crippen LogP contribution < -0.4 is 5.32 Å². The van der Waals surface area contributed by atoms with E-state index in [-0.39, 0.29) is 24.7 Å². The zero-order valence-corrected chi connectivity index (χ0v) is 14.1. The SMILES string of the molecule is CC(C)(C)OC(=O)CCC(=O)NC[C@@H]1[C@H]2Cc3ccccc3[C@@H]12. The number of hydrogen-bond acceptors (Lipinski definition) is 3. The van der Waals surface area contributed by atoms with Crippen LogP contribution in [0.5, 0.6) is 0 Å². The highest BCUT2D eigenvalue weighted by atomic mass is 16.6. The second-order valence-corrected chi connectivity index (χ2v) is 7.65. The van der Waals surface area contributed by atoms with E-state index < -0.39 is 5.60 Å². The zero-order valence-electron chi connectivity index (χ0n) is 14.1. The summed E-state index contributed by atoms with van der Waals surface area (Å²) in [5.74, 6) is 1.50. The molecule has 1 fully saturated rings. The Labute approximate surface area is 137 Å². The van der Waals surface area contributed by atoms with E-state index >= 15 is 0 Å². The fourth-order valence-corrected chi connectivity index (χ4v) is 3.69. The molecule has 0 saturated heterocycles. The van der Waals surface area contributed by atoms with Crippen molar-refractivity contribution in [3.63, 3.8) is 0 Å². The first-order chi connectivity index (χ1) is 10.8. The summed E-state index contributed by atoms with van der Waals surface area (Å²) < 4.78 is 5.21. The molecule has 0 radical (unpaired) electrons. The molecule has 0 aromatic heterocycles. The van der Waals surface area contributed by atoms with Crippen LogP contribution in [0.2, 0.25) is 0 Å². The molecule has 23 heavy (non-hydrogen) atoms. The maximum absolute atomic E-state index is 11.9. The van der Waals surface area contributed by atoms with Gasteiger partial charge in [-0.3, -0.25) is 9.59 Å². The zero-order chi connectivity index (χ0) is 16.6. The van der Waals surface area contributed by atoms with Gasteiger partial charge in [0.05, 0.1) is 6.42 Å². The van der Waals surface area contributed by atoms with E-state index in [2.05, 4.69) is 29.6 Å². The molecule has 1 N–H and O–H groups in total. The highest BCUT2D eigenvalue weighted by Gasteiger charge is 2.54. The van der Waals surface area contributed by atoms with Crippen LogP contribution in [0, 0.1) is 11.8 Å². The van der Waals surface area contributed by atoms with Gasteiger partial charge in [0.2, 0.25) is 5.91 Å². The van der Waals surface area contributed by atoms with Gasteiger partial charge in [0.1, 0.15) is 5.60 Å². The summed E-state index contributed by atoms with van der Waals surface area (Å²) in [6, 6.07) is 8.61. The van der Waals surface area contributed by atoms with Gasteiger partial charge in [0.15, 0.2) is 0 Å². The third-order valence-corrected chi connectivity index (χ3v) is 4.71. The van der Waals surface area contributed by atoms with Gasteiger partial charge in [-0.05, 0) is 56.1 Å². The molecule has 1 amide bonds. The molecule has 1 saturated carbocycles. The van der Waals surface area contributed by atoms with Gasteiger partial charge < -0.3 is 10.1 Å². The third-order valence-electron chi connectivity index (χ3n) is 4.71. The monoisotopic (exact) mass is 315 g/mol. The summed E-state index contributed by atoms with van der Waals surface area (Å²) in [5, 5.41) is 2.98. The lowest BCUT2D eigenvalue weighted by Crippen LogP contribution is -2.28. The fraction of sp³-hybridized carbons (Fsp3) is 0.579. The third kappa shape index (κ3) is 3.74. The van der Waals surface area contributed by atoms with Crippen LogP contribution >= 0.6 is 0 Å². The Morgan fingerprint density at radius 1 is 1.22 bits per heavy atom. The Morgan fingerprint density at radius 3 is 2.70 bits per heavy atom. The second-order valence-electron chi connectivity index (χ2n) is 7.65. The van der Waals surface area contributed by atoms with Crippen molar-refractivity contribution >= 4 is 11.9 Å². The van der Waals surface area contributed by atoms with E-state index in [9.17, 15) is 9.59 Å². The second kappa shape index (κ2) is 5.99. The normalized spacial score (nSPS) is 24.6. The molecule has 0 heterocycles. The number of ether oxygens (including phenoxy) is 1. The van der Waals surface area contributed by atoms with Crippen molar-refractivity contribution < 1.29 is 14.3 Å². The molecule has 124 valence electrons.